The molecule has 0 nitrogen and oxygen atoms in total. The Hall–Kier alpha value is 1.25. The molecule has 0 saturated carbocycles. The maximum Gasteiger partial charge on any atom is 2.00 e. The van der Waals surface area contributed by atoms with Crippen LogP contribution in [0, 0.1) is 12.8 Å². The Morgan fingerprint density at radius 2 is 0.870 bits per heavy atom. The summed E-state index contributed by atoms with van der Waals surface area (Å²) in [6, 6.07) is 0. The van der Waals surface area contributed by atoms with Crippen molar-refractivity contribution in [3.05, 3.63) is 6.92 Å². The Balaban J connectivity index is -0.00000200. The van der Waals surface area contributed by atoms with Crippen molar-refractivity contribution in [2.75, 3.05) is 0 Å². The van der Waals surface area contributed by atoms with E-state index in [-0.39, 0.29) is 40.0 Å². The number of rotatable bonds is 17. The van der Waals surface area contributed by atoms with Gasteiger partial charge in [0.15, 0.2) is 0 Å². The number of hydrogen-bond donors (Lipinski definition) is 0. The van der Waals surface area contributed by atoms with Crippen molar-refractivity contribution in [1.29, 1.82) is 0 Å². The first-order valence-corrected chi connectivity index (χ1v) is 10.1. The maximum atomic E-state index is 4.16. The zero-order valence-electron chi connectivity index (χ0n) is 16.4. The Kier molecular flexibility index (Phi) is 32.2. The topological polar surface area (TPSA) is 0 Å². The van der Waals surface area contributed by atoms with E-state index in [1.807, 2.05) is 0 Å². The summed E-state index contributed by atoms with van der Waals surface area (Å²) in [6.45, 7) is 8.75. The molecule has 0 heterocycles. The molecule has 0 radical (unpaired) electrons. The quantitative estimate of drug-likeness (QED) is 0.188. The average molecular weight is 400 g/mol. The van der Waals surface area contributed by atoms with Gasteiger partial charge in [-0.1, -0.05) is 122 Å². The fraction of sp³-hybridized carbons (Fsp3) is 0.952. The predicted molar refractivity (Wildman–Crippen MR) is 104 cm³/mol. The molecule has 136 valence electrons. The van der Waals surface area contributed by atoms with Gasteiger partial charge in [0, 0.05) is 0 Å². The predicted octanol–water partition coefficient (Wildman–Crippen LogP) is 4.73. The van der Waals surface area contributed by atoms with Gasteiger partial charge in [-0.15, -0.1) is 0 Å². The first kappa shape index (κ1) is 29.0. The Labute approximate surface area is 175 Å². The van der Waals surface area contributed by atoms with Crippen LogP contribution in [0.15, 0.2) is 0 Å². The third-order valence-electron chi connectivity index (χ3n) is 4.84. The van der Waals surface area contributed by atoms with Crippen LogP contribution in [0.4, 0.5) is 0 Å². The second kappa shape index (κ2) is 25.5. The van der Waals surface area contributed by atoms with Crippen LogP contribution in [0.1, 0.15) is 123 Å². The van der Waals surface area contributed by atoms with Gasteiger partial charge in [0.1, 0.15) is 0 Å². The molecule has 0 aromatic carbocycles. The molecule has 0 aliphatic carbocycles. The molecule has 0 aliphatic rings. The van der Waals surface area contributed by atoms with Crippen LogP contribution in [0.25, 0.3) is 0 Å². The fourth-order valence-corrected chi connectivity index (χ4v) is 3.21. The summed E-state index contributed by atoms with van der Waals surface area (Å²) in [5.41, 5.74) is 0. The van der Waals surface area contributed by atoms with Gasteiger partial charge < -0.3 is 23.9 Å². The normalized spacial score (nSPS) is 11.6. The largest absolute Gasteiger partial charge is 2.00 e. The molecule has 1 unspecified atom stereocenters. The van der Waals surface area contributed by atoms with Gasteiger partial charge in [0.2, 0.25) is 0 Å². The van der Waals surface area contributed by atoms with Crippen molar-refractivity contribution in [1.82, 2.24) is 0 Å². The molecule has 0 aromatic rings. The fourth-order valence-electron chi connectivity index (χ4n) is 3.21. The Morgan fingerprint density at radius 3 is 1.17 bits per heavy atom. The van der Waals surface area contributed by atoms with E-state index in [0.29, 0.717) is 0 Å². The Morgan fingerprint density at radius 1 is 0.565 bits per heavy atom. The molecule has 0 N–H and O–H groups in total. The summed E-state index contributed by atoms with van der Waals surface area (Å²) < 4.78 is 0. The molecule has 23 heavy (non-hydrogen) atoms. The van der Waals surface area contributed by atoms with Crippen molar-refractivity contribution < 1.29 is 17.0 Å². The molecular weight excluding hydrogens is 356 g/mol. The average Bonchev–Trinajstić information content (AvgIpc) is 2.51. The summed E-state index contributed by atoms with van der Waals surface area (Å²) in [4.78, 5) is 0. The molecule has 0 amide bonds. The zero-order valence-corrected chi connectivity index (χ0v) is 19.4. The summed E-state index contributed by atoms with van der Waals surface area (Å²) in [7, 11) is 0. The van der Waals surface area contributed by atoms with Gasteiger partial charge >= 0.3 is 23.1 Å². The molecule has 0 aromatic heterocycles. The zero-order chi connectivity index (χ0) is 15.6. The first-order chi connectivity index (χ1) is 10.3. The first-order valence-electron chi connectivity index (χ1n) is 10.1. The minimum absolute atomic E-state index is 0. The van der Waals surface area contributed by atoms with E-state index in [2.05, 4.69) is 20.8 Å². The summed E-state index contributed by atoms with van der Waals surface area (Å²) in [5, 5.41) is 0. The van der Waals surface area contributed by atoms with Crippen LogP contribution in [-0.2, 0) is 0 Å². The van der Waals surface area contributed by atoms with Gasteiger partial charge in [0.25, 0.3) is 0 Å². The van der Waals surface area contributed by atoms with Crippen LogP contribution in [-0.4, -0.2) is 23.1 Å². The smallest absolute Gasteiger partial charge is 1.00 e. The van der Waals surface area contributed by atoms with E-state index >= 15 is 0 Å². The Bertz CT molecular complexity index is 185. The van der Waals surface area contributed by atoms with E-state index in [9.17, 15) is 0 Å². The van der Waals surface area contributed by atoms with Crippen LogP contribution in [0.2, 0.25) is 0 Å². The third kappa shape index (κ3) is 23.2. The van der Waals surface area contributed by atoms with Gasteiger partial charge in [-0.3, -0.25) is 0 Å². The van der Waals surface area contributed by atoms with Crippen LogP contribution in [0.3, 0.4) is 0 Å². The van der Waals surface area contributed by atoms with Crippen molar-refractivity contribution in [3.63, 3.8) is 0 Å². The molecule has 1 atom stereocenters. The SMILES string of the molecule is [Br-].[CH2-]CC(CCCCCCCC)CCCCCCCCCC.[Mg+2]. The minimum Gasteiger partial charge on any atom is -1.00 e. The minimum atomic E-state index is 0. The monoisotopic (exact) mass is 398 g/mol. The van der Waals surface area contributed by atoms with Gasteiger partial charge in [-0.05, 0) is 0 Å². The van der Waals surface area contributed by atoms with Gasteiger partial charge in [0.05, 0.1) is 0 Å². The number of hydrogen-bond acceptors (Lipinski definition) is 0. The summed E-state index contributed by atoms with van der Waals surface area (Å²) in [5.74, 6) is 0.913. The molecule has 0 rings (SSSR count). The molecular formula is C21H43BrMg. The van der Waals surface area contributed by atoms with Gasteiger partial charge in [-0.2, -0.15) is 6.42 Å². The van der Waals surface area contributed by atoms with E-state index in [0.717, 1.165) is 12.3 Å². The van der Waals surface area contributed by atoms with Gasteiger partial charge in [-0.25, -0.2) is 0 Å². The van der Waals surface area contributed by atoms with E-state index in [1.165, 1.54) is 103 Å². The maximum absolute atomic E-state index is 4.16. The molecule has 0 aliphatic heterocycles. The van der Waals surface area contributed by atoms with Crippen molar-refractivity contribution >= 4 is 23.1 Å². The van der Waals surface area contributed by atoms with E-state index in [4.69, 9.17) is 0 Å². The molecule has 0 saturated heterocycles. The van der Waals surface area contributed by atoms with Crippen LogP contribution >= 0.6 is 0 Å². The van der Waals surface area contributed by atoms with Crippen molar-refractivity contribution in [3.8, 4) is 0 Å². The van der Waals surface area contributed by atoms with E-state index in [1.54, 1.807) is 0 Å². The third-order valence-corrected chi connectivity index (χ3v) is 4.84. The van der Waals surface area contributed by atoms with Crippen molar-refractivity contribution in [2.24, 2.45) is 5.92 Å². The molecule has 2 heteroatoms. The van der Waals surface area contributed by atoms with Crippen molar-refractivity contribution in [2.45, 2.75) is 123 Å². The van der Waals surface area contributed by atoms with Crippen LogP contribution in [0.5, 0.6) is 0 Å². The molecule has 0 bridgehead atoms. The molecule has 0 spiro atoms. The number of halogens is 1. The standard InChI is InChI=1S/C21H43.BrH.Mg/c1-4-7-9-11-13-14-16-18-20-21(6-3)19-17-15-12-10-8-5-2;;/h21H,3-20H2,1-2H3;1H;/q-1;;+2/p-1. The second-order valence-corrected chi connectivity index (χ2v) is 6.97. The summed E-state index contributed by atoms with van der Waals surface area (Å²) in [6.07, 6.45) is 24.2. The number of unbranched alkanes of at least 4 members (excludes halogenated alkanes) is 12. The molecule has 0 fully saturated rings. The van der Waals surface area contributed by atoms with Crippen LogP contribution < -0.4 is 17.0 Å². The van der Waals surface area contributed by atoms with E-state index < -0.39 is 0 Å². The summed E-state index contributed by atoms with van der Waals surface area (Å²) >= 11 is 0. The second-order valence-electron chi connectivity index (χ2n) is 6.97.